The maximum absolute atomic E-state index is 10.3. The van der Waals surface area contributed by atoms with Crippen LogP contribution >= 0.6 is 0 Å². The number of rotatable bonds is 7. The summed E-state index contributed by atoms with van der Waals surface area (Å²) in [6, 6.07) is 24.4. The smallest absolute Gasteiger partial charge is 0.183 e. The van der Waals surface area contributed by atoms with Gasteiger partial charge in [-0.15, -0.1) is 5.10 Å². The van der Waals surface area contributed by atoms with Gasteiger partial charge < -0.3 is 10.4 Å². The van der Waals surface area contributed by atoms with Crippen LogP contribution in [-0.2, 0) is 6.54 Å². The highest BCUT2D eigenvalue weighted by Gasteiger charge is 2.16. The third-order valence-corrected chi connectivity index (χ3v) is 5.69. The molecule has 33 heavy (non-hydrogen) atoms. The van der Waals surface area contributed by atoms with Gasteiger partial charge in [0.15, 0.2) is 11.6 Å². The molecule has 0 radical (unpaired) electrons. The summed E-state index contributed by atoms with van der Waals surface area (Å²) < 4.78 is 1.86. The van der Waals surface area contributed by atoms with Crippen molar-refractivity contribution in [2.45, 2.75) is 26.0 Å². The van der Waals surface area contributed by atoms with Crippen molar-refractivity contribution in [3.05, 3.63) is 103 Å². The quantitative estimate of drug-likeness (QED) is 0.352. The van der Waals surface area contributed by atoms with E-state index < -0.39 is 6.10 Å². The first-order valence-corrected chi connectivity index (χ1v) is 11.1. The van der Waals surface area contributed by atoms with Gasteiger partial charge in [-0.2, -0.15) is 0 Å². The number of hydrogen-bond donors (Lipinski definition) is 2. The third-order valence-electron chi connectivity index (χ3n) is 5.69. The second kappa shape index (κ2) is 9.22. The van der Waals surface area contributed by atoms with E-state index in [-0.39, 0.29) is 0 Å². The summed E-state index contributed by atoms with van der Waals surface area (Å²) in [6.07, 6.45) is 5.43. The molecule has 3 heterocycles. The Kier molecular flexibility index (Phi) is 5.83. The van der Waals surface area contributed by atoms with Crippen LogP contribution in [0.5, 0.6) is 0 Å². The summed E-state index contributed by atoms with van der Waals surface area (Å²) in [4.78, 5) is 9.22. The number of aromatic nitrogens is 4. The molecule has 164 valence electrons. The molecule has 2 N–H and O–H groups in total. The lowest BCUT2D eigenvalue weighted by Crippen LogP contribution is -2.07. The Morgan fingerprint density at radius 1 is 0.939 bits per heavy atom. The molecule has 0 aliphatic rings. The number of aliphatic hydroxyl groups excluding tert-OH is 1. The lowest BCUT2D eigenvalue weighted by atomic mass is 10.1. The van der Waals surface area contributed by atoms with E-state index in [1.165, 1.54) is 5.56 Å². The standard InChI is InChI=1S/C27H25N5O/c1-2-24(33)21-15-22(18-28-17-21)26-30-27(29-16-19-9-5-3-6-10-19)25-23(13-14-32(25)31-26)20-11-7-4-8-12-20/h3-15,17-18,24,33H,2,16H2,1H3,(H,29,30,31). The zero-order chi connectivity index (χ0) is 22.6. The topological polar surface area (TPSA) is 75.3 Å². The summed E-state index contributed by atoms with van der Waals surface area (Å²) in [5.74, 6) is 1.29. The molecule has 0 fully saturated rings. The van der Waals surface area contributed by atoms with Crippen molar-refractivity contribution in [3.8, 4) is 22.5 Å². The first-order chi connectivity index (χ1) is 16.2. The van der Waals surface area contributed by atoms with Gasteiger partial charge in [-0.25, -0.2) is 9.50 Å². The highest BCUT2D eigenvalue weighted by atomic mass is 16.3. The molecule has 5 aromatic rings. The number of nitrogens with zero attached hydrogens (tertiary/aromatic N) is 4. The van der Waals surface area contributed by atoms with Crippen molar-refractivity contribution in [1.29, 1.82) is 0 Å². The van der Waals surface area contributed by atoms with Crippen LogP contribution in [0.3, 0.4) is 0 Å². The van der Waals surface area contributed by atoms with E-state index in [1.54, 1.807) is 12.4 Å². The molecule has 0 bridgehead atoms. The van der Waals surface area contributed by atoms with Gasteiger partial charge in [0, 0.05) is 36.3 Å². The lowest BCUT2D eigenvalue weighted by molar-refractivity contribution is 0.173. The van der Waals surface area contributed by atoms with Gasteiger partial charge in [-0.05, 0) is 35.2 Å². The Morgan fingerprint density at radius 3 is 2.45 bits per heavy atom. The second-order valence-electron chi connectivity index (χ2n) is 7.94. The molecule has 6 heteroatoms. The molecule has 1 unspecified atom stereocenters. The maximum Gasteiger partial charge on any atom is 0.183 e. The van der Waals surface area contributed by atoms with Crippen LogP contribution < -0.4 is 5.32 Å². The van der Waals surface area contributed by atoms with Crippen LogP contribution in [0, 0.1) is 0 Å². The molecule has 0 spiro atoms. The number of anilines is 1. The van der Waals surface area contributed by atoms with Crippen LogP contribution in [0.2, 0.25) is 0 Å². The van der Waals surface area contributed by atoms with Crippen LogP contribution in [0.15, 0.2) is 91.4 Å². The van der Waals surface area contributed by atoms with E-state index in [1.807, 2.05) is 60.1 Å². The number of nitrogens with one attached hydrogen (secondary N) is 1. The molecule has 0 saturated heterocycles. The monoisotopic (exact) mass is 435 g/mol. The third kappa shape index (κ3) is 4.33. The molecular weight excluding hydrogens is 410 g/mol. The Morgan fingerprint density at radius 2 is 1.70 bits per heavy atom. The molecule has 0 amide bonds. The lowest BCUT2D eigenvalue weighted by Gasteiger charge is -2.13. The summed E-state index contributed by atoms with van der Waals surface area (Å²) >= 11 is 0. The first kappa shape index (κ1) is 20.8. The van der Waals surface area contributed by atoms with Crippen molar-refractivity contribution in [1.82, 2.24) is 19.6 Å². The van der Waals surface area contributed by atoms with Crippen molar-refractivity contribution >= 4 is 11.3 Å². The van der Waals surface area contributed by atoms with Crippen LogP contribution in [0.25, 0.3) is 28.0 Å². The van der Waals surface area contributed by atoms with Gasteiger partial charge in [0.25, 0.3) is 0 Å². The minimum atomic E-state index is -0.562. The van der Waals surface area contributed by atoms with E-state index >= 15 is 0 Å². The van der Waals surface area contributed by atoms with Crippen LogP contribution in [0.1, 0.15) is 30.6 Å². The predicted octanol–water partition coefficient (Wildman–Crippen LogP) is 5.51. The Hall–Kier alpha value is -4.03. The van der Waals surface area contributed by atoms with Crippen molar-refractivity contribution in [2.75, 3.05) is 5.32 Å². The minimum absolute atomic E-state index is 0.547. The molecule has 0 aliphatic heterocycles. The van der Waals surface area contributed by atoms with Crippen molar-refractivity contribution < 1.29 is 5.11 Å². The van der Waals surface area contributed by atoms with Gasteiger partial charge in [-0.1, -0.05) is 67.6 Å². The van der Waals surface area contributed by atoms with Gasteiger partial charge in [-0.3, -0.25) is 4.98 Å². The number of aliphatic hydroxyl groups is 1. The molecule has 5 rings (SSSR count). The Labute approximate surface area is 192 Å². The fourth-order valence-corrected chi connectivity index (χ4v) is 3.90. The molecule has 6 nitrogen and oxygen atoms in total. The SMILES string of the molecule is CCC(O)c1cncc(-c2nc(NCc3ccccc3)c3c(-c4ccccc4)ccn3n2)c1. The zero-order valence-corrected chi connectivity index (χ0v) is 18.4. The van der Waals surface area contributed by atoms with E-state index in [0.717, 1.165) is 33.6 Å². The fourth-order valence-electron chi connectivity index (χ4n) is 3.90. The Balaban J connectivity index is 1.62. The summed E-state index contributed by atoms with van der Waals surface area (Å²) in [5, 5.41) is 18.6. The highest BCUT2D eigenvalue weighted by molar-refractivity contribution is 5.89. The molecule has 2 aromatic carbocycles. The number of hydrogen-bond acceptors (Lipinski definition) is 5. The predicted molar refractivity (Wildman–Crippen MR) is 131 cm³/mol. The van der Waals surface area contributed by atoms with Crippen molar-refractivity contribution in [2.24, 2.45) is 0 Å². The van der Waals surface area contributed by atoms with Gasteiger partial charge >= 0.3 is 0 Å². The van der Waals surface area contributed by atoms with E-state index in [2.05, 4.69) is 40.6 Å². The molecular formula is C27H25N5O. The molecule has 1 atom stereocenters. The number of pyridine rings is 1. The largest absolute Gasteiger partial charge is 0.388 e. The van der Waals surface area contributed by atoms with Crippen LogP contribution in [-0.4, -0.2) is 24.7 Å². The summed E-state index contributed by atoms with van der Waals surface area (Å²) in [5.41, 5.74) is 5.77. The number of fused-ring (bicyclic) bond motifs is 1. The average Bonchev–Trinajstić information content (AvgIpc) is 3.32. The van der Waals surface area contributed by atoms with Gasteiger partial charge in [0.1, 0.15) is 5.52 Å². The summed E-state index contributed by atoms with van der Waals surface area (Å²) in [7, 11) is 0. The zero-order valence-electron chi connectivity index (χ0n) is 18.4. The normalized spacial score (nSPS) is 12.1. The van der Waals surface area contributed by atoms with Gasteiger partial charge in [0.2, 0.25) is 0 Å². The number of benzene rings is 2. The maximum atomic E-state index is 10.3. The average molecular weight is 436 g/mol. The van der Waals surface area contributed by atoms with E-state index in [9.17, 15) is 5.11 Å². The van der Waals surface area contributed by atoms with Crippen molar-refractivity contribution in [3.63, 3.8) is 0 Å². The Bertz CT molecular complexity index is 1370. The highest BCUT2D eigenvalue weighted by Crippen LogP contribution is 2.31. The molecule has 0 saturated carbocycles. The molecule has 0 aliphatic carbocycles. The minimum Gasteiger partial charge on any atom is -0.388 e. The summed E-state index contributed by atoms with van der Waals surface area (Å²) in [6.45, 7) is 2.58. The molecule has 3 aromatic heterocycles. The van der Waals surface area contributed by atoms with Crippen LogP contribution in [0.4, 0.5) is 5.82 Å². The van der Waals surface area contributed by atoms with E-state index in [0.29, 0.717) is 18.8 Å². The second-order valence-corrected chi connectivity index (χ2v) is 7.94. The first-order valence-electron chi connectivity index (χ1n) is 11.1. The van der Waals surface area contributed by atoms with Gasteiger partial charge in [0.05, 0.1) is 6.10 Å². The van der Waals surface area contributed by atoms with E-state index in [4.69, 9.17) is 10.1 Å². The fraction of sp³-hybridized carbons (Fsp3) is 0.148.